The molecule has 1 heterocycles. The second-order valence-corrected chi connectivity index (χ2v) is 9.75. The lowest BCUT2D eigenvalue weighted by molar-refractivity contribution is -0.120. The number of rotatable bonds is 7. The number of amides is 2. The second-order valence-electron chi connectivity index (χ2n) is 7.81. The summed E-state index contributed by atoms with van der Waals surface area (Å²) in [4.78, 5) is 25.6. The minimum Gasteiger partial charge on any atom is -0.350 e. The molecular formula is C23H29N3O4S. The van der Waals surface area contributed by atoms with E-state index in [1.54, 1.807) is 54.6 Å². The average molecular weight is 444 g/mol. The number of anilines is 1. The molecule has 1 saturated heterocycles. The van der Waals surface area contributed by atoms with Crippen molar-refractivity contribution in [1.29, 1.82) is 0 Å². The first-order valence-corrected chi connectivity index (χ1v) is 12.0. The Bertz CT molecular complexity index is 1020. The molecule has 0 aromatic heterocycles. The molecule has 166 valence electrons. The molecule has 8 heteroatoms. The zero-order valence-electron chi connectivity index (χ0n) is 17.9. The van der Waals surface area contributed by atoms with Crippen molar-refractivity contribution >= 4 is 27.5 Å². The number of hydrogen-bond donors (Lipinski definition) is 2. The van der Waals surface area contributed by atoms with Gasteiger partial charge in [0.1, 0.15) is 0 Å². The predicted molar refractivity (Wildman–Crippen MR) is 120 cm³/mol. The van der Waals surface area contributed by atoms with Crippen molar-refractivity contribution in [2.45, 2.75) is 44.0 Å². The lowest BCUT2D eigenvalue weighted by atomic mass is 9.97. The zero-order chi connectivity index (χ0) is 22.4. The van der Waals surface area contributed by atoms with Gasteiger partial charge < -0.3 is 10.6 Å². The first kappa shape index (κ1) is 23.0. The summed E-state index contributed by atoms with van der Waals surface area (Å²) in [6.07, 6.45) is 1.67. The maximum atomic E-state index is 12.8. The van der Waals surface area contributed by atoms with Crippen molar-refractivity contribution in [3.63, 3.8) is 0 Å². The van der Waals surface area contributed by atoms with Crippen LogP contribution in [0, 0.1) is 5.92 Å². The molecule has 0 saturated carbocycles. The number of benzene rings is 2. The third-order valence-corrected chi connectivity index (χ3v) is 7.54. The second kappa shape index (κ2) is 10.1. The van der Waals surface area contributed by atoms with Crippen LogP contribution in [0.2, 0.25) is 0 Å². The number of carbonyl (C=O) groups excluding carboxylic acids is 2. The molecule has 1 fully saturated rings. The Morgan fingerprint density at radius 1 is 1.03 bits per heavy atom. The minimum absolute atomic E-state index is 0.0344. The molecule has 0 bridgehead atoms. The van der Waals surface area contributed by atoms with E-state index in [1.807, 2.05) is 13.8 Å². The fraction of sp³-hybridized carbons (Fsp3) is 0.391. The van der Waals surface area contributed by atoms with Crippen LogP contribution in [0.5, 0.6) is 0 Å². The van der Waals surface area contributed by atoms with E-state index in [9.17, 15) is 18.0 Å². The highest BCUT2D eigenvalue weighted by molar-refractivity contribution is 7.89. The van der Waals surface area contributed by atoms with Gasteiger partial charge in [-0.3, -0.25) is 9.59 Å². The summed E-state index contributed by atoms with van der Waals surface area (Å²) in [5.41, 5.74) is 0.882. The molecule has 2 amide bonds. The Morgan fingerprint density at radius 3 is 2.29 bits per heavy atom. The molecule has 2 aromatic carbocycles. The Morgan fingerprint density at radius 2 is 1.65 bits per heavy atom. The van der Waals surface area contributed by atoms with Crippen molar-refractivity contribution in [1.82, 2.24) is 9.62 Å². The predicted octanol–water partition coefficient (Wildman–Crippen LogP) is 3.25. The quantitative estimate of drug-likeness (QED) is 0.687. The molecule has 7 nitrogen and oxygen atoms in total. The van der Waals surface area contributed by atoms with Crippen molar-refractivity contribution in [3.8, 4) is 0 Å². The summed E-state index contributed by atoms with van der Waals surface area (Å²) in [6.45, 7) is 4.48. The highest BCUT2D eigenvalue weighted by Gasteiger charge is 2.32. The maximum Gasteiger partial charge on any atom is 0.253 e. The van der Waals surface area contributed by atoms with Crippen LogP contribution in [0.25, 0.3) is 0 Å². The summed E-state index contributed by atoms with van der Waals surface area (Å²) >= 11 is 0. The van der Waals surface area contributed by atoms with E-state index in [1.165, 1.54) is 4.31 Å². The van der Waals surface area contributed by atoms with Gasteiger partial charge in [-0.05, 0) is 50.5 Å². The summed E-state index contributed by atoms with van der Waals surface area (Å²) in [6, 6.07) is 15.3. The molecule has 0 unspecified atom stereocenters. The van der Waals surface area contributed by atoms with E-state index in [2.05, 4.69) is 10.6 Å². The van der Waals surface area contributed by atoms with Crippen LogP contribution < -0.4 is 10.6 Å². The van der Waals surface area contributed by atoms with Crippen LogP contribution in [0.3, 0.4) is 0 Å². The third-order valence-electron chi connectivity index (χ3n) is 5.63. The third kappa shape index (κ3) is 5.51. The standard InChI is InChI=1S/C23H29N3O4S/c1-3-17(2)24-23(28)20-11-7-8-12-21(20)25-22(27)18-13-15-26(16-14-18)31(29,30)19-9-5-4-6-10-19/h4-12,17-18H,3,13-16H2,1-2H3,(H,24,28)(H,25,27)/t17-/m1/s1. The van der Waals surface area contributed by atoms with E-state index in [-0.39, 0.29) is 41.8 Å². The van der Waals surface area contributed by atoms with Crippen molar-refractivity contribution < 1.29 is 18.0 Å². The Hall–Kier alpha value is -2.71. The highest BCUT2D eigenvalue weighted by Crippen LogP contribution is 2.25. The molecule has 0 spiro atoms. The fourth-order valence-corrected chi connectivity index (χ4v) is 5.02. The first-order valence-electron chi connectivity index (χ1n) is 10.6. The van der Waals surface area contributed by atoms with Crippen LogP contribution in [0.4, 0.5) is 5.69 Å². The Balaban J connectivity index is 1.63. The van der Waals surface area contributed by atoms with Gasteiger partial charge in [-0.2, -0.15) is 4.31 Å². The fourth-order valence-electron chi connectivity index (χ4n) is 3.53. The highest BCUT2D eigenvalue weighted by atomic mass is 32.2. The molecule has 3 rings (SSSR count). The Kier molecular flexibility index (Phi) is 7.46. The normalized spacial score (nSPS) is 16.5. The van der Waals surface area contributed by atoms with Gasteiger partial charge in [-0.25, -0.2) is 8.42 Å². The smallest absolute Gasteiger partial charge is 0.253 e. The van der Waals surface area contributed by atoms with Crippen molar-refractivity contribution in [2.75, 3.05) is 18.4 Å². The summed E-state index contributed by atoms with van der Waals surface area (Å²) < 4.78 is 27.0. The van der Waals surface area contributed by atoms with Gasteiger partial charge in [0.2, 0.25) is 15.9 Å². The lowest BCUT2D eigenvalue weighted by Gasteiger charge is -2.30. The monoisotopic (exact) mass is 443 g/mol. The summed E-state index contributed by atoms with van der Waals surface area (Å²) in [5, 5.41) is 5.78. The van der Waals surface area contributed by atoms with Gasteiger partial charge >= 0.3 is 0 Å². The van der Waals surface area contributed by atoms with E-state index < -0.39 is 10.0 Å². The lowest BCUT2D eigenvalue weighted by Crippen LogP contribution is -2.41. The SMILES string of the molecule is CC[C@@H](C)NC(=O)c1ccccc1NC(=O)C1CCN(S(=O)(=O)c2ccccc2)CC1. The molecule has 2 aromatic rings. The molecule has 31 heavy (non-hydrogen) atoms. The Labute approximate surface area is 183 Å². The number of para-hydroxylation sites is 1. The van der Waals surface area contributed by atoms with Crippen LogP contribution >= 0.6 is 0 Å². The molecule has 1 aliphatic heterocycles. The zero-order valence-corrected chi connectivity index (χ0v) is 18.7. The van der Waals surface area contributed by atoms with E-state index in [4.69, 9.17) is 0 Å². The van der Waals surface area contributed by atoms with Gasteiger partial charge in [-0.15, -0.1) is 0 Å². The topological polar surface area (TPSA) is 95.6 Å². The average Bonchev–Trinajstić information content (AvgIpc) is 2.80. The van der Waals surface area contributed by atoms with Crippen LogP contribution in [0.15, 0.2) is 59.5 Å². The molecule has 1 atom stereocenters. The van der Waals surface area contributed by atoms with Crippen LogP contribution in [0.1, 0.15) is 43.5 Å². The number of sulfonamides is 1. The van der Waals surface area contributed by atoms with Gasteiger partial charge in [0, 0.05) is 25.0 Å². The number of nitrogens with one attached hydrogen (secondary N) is 2. The summed E-state index contributed by atoms with van der Waals surface area (Å²) in [7, 11) is -3.55. The van der Waals surface area contributed by atoms with E-state index >= 15 is 0 Å². The summed E-state index contributed by atoms with van der Waals surface area (Å²) in [5.74, 6) is -0.734. The van der Waals surface area contributed by atoms with Gasteiger partial charge in [0.15, 0.2) is 0 Å². The maximum absolute atomic E-state index is 12.8. The molecule has 2 N–H and O–H groups in total. The number of nitrogens with zero attached hydrogens (tertiary/aromatic N) is 1. The van der Waals surface area contributed by atoms with Crippen molar-refractivity contribution in [3.05, 3.63) is 60.2 Å². The minimum atomic E-state index is -3.55. The van der Waals surface area contributed by atoms with Crippen molar-refractivity contribution in [2.24, 2.45) is 5.92 Å². The van der Waals surface area contributed by atoms with Crippen LogP contribution in [-0.2, 0) is 14.8 Å². The molecule has 1 aliphatic rings. The number of piperidine rings is 1. The first-order chi connectivity index (χ1) is 14.8. The molecular weight excluding hydrogens is 414 g/mol. The number of carbonyl (C=O) groups is 2. The van der Waals surface area contributed by atoms with Crippen LogP contribution in [-0.4, -0.2) is 43.7 Å². The number of hydrogen-bond acceptors (Lipinski definition) is 4. The van der Waals surface area contributed by atoms with Gasteiger partial charge in [-0.1, -0.05) is 37.3 Å². The van der Waals surface area contributed by atoms with Gasteiger partial charge in [0.05, 0.1) is 16.1 Å². The van der Waals surface area contributed by atoms with Gasteiger partial charge in [0.25, 0.3) is 5.91 Å². The molecule has 0 aliphatic carbocycles. The largest absolute Gasteiger partial charge is 0.350 e. The van der Waals surface area contributed by atoms with E-state index in [0.717, 1.165) is 6.42 Å². The van der Waals surface area contributed by atoms with E-state index in [0.29, 0.717) is 24.1 Å². The molecule has 0 radical (unpaired) electrons.